The molecule has 0 saturated carbocycles. The fourth-order valence-corrected chi connectivity index (χ4v) is 2.45. The van der Waals surface area contributed by atoms with Crippen molar-refractivity contribution < 1.29 is 9.53 Å². The Bertz CT molecular complexity index is 900. The predicted octanol–water partition coefficient (Wildman–Crippen LogP) is 4.52. The molecule has 0 radical (unpaired) electrons. The van der Waals surface area contributed by atoms with Crippen molar-refractivity contribution in [3.05, 3.63) is 71.6 Å². The topological polar surface area (TPSA) is 76.1 Å². The van der Waals surface area contributed by atoms with Crippen molar-refractivity contribution in [3.8, 4) is 5.75 Å². The highest BCUT2D eigenvalue weighted by Gasteiger charge is 2.10. The van der Waals surface area contributed by atoms with Crippen LogP contribution >= 0.6 is 11.6 Å². The number of benzene rings is 2. The van der Waals surface area contributed by atoms with Crippen LogP contribution in [0.25, 0.3) is 0 Å². The number of carbonyl (C=O) groups is 1. The zero-order chi connectivity index (χ0) is 18.4. The van der Waals surface area contributed by atoms with Crippen LogP contribution in [0.5, 0.6) is 5.75 Å². The molecule has 0 aliphatic rings. The summed E-state index contributed by atoms with van der Waals surface area (Å²) in [5, 5.41) is 6.40. The van der Waals surface area contributed by atoms with E-state index in [1.54, 1.807) is 24.3 Å². The van der Waals surface area contributed by atoms with Gasteiger partial charge in [0.05, 0.1) is 24.7 Å². The lowest BCUT2D eigenvalue weighted by molar-refractivity contribution is 0.102. The van der Waals surface area contributed by atoms with Crippen molar-refractivity contribution in [1.29, 1.82) is 0 Å². The number of hydrogen-bond acceptors (Lipinski definition) is 5. The van der Waals surface area contributed by atoms with E-state index in [1.165, 1.54) is 12.4 Å². The molecule has 0 aliphatic carbocycles. The second kappa shape index (κ2) is 8.31. The van der Waals surface area contributed by atoms with Crippen molar-refractivity contribution in [2.24, 2.45) is 0 Å². The molecule has 1 aromatic heterocycles. The second-order valence-corrected chi connectivity index (χ2v) is 5.74. The summed E-state index contributed by atoms with van der Waals surface area (Å²) in [6.45, 7) is 2.48. The first-order chi connectivity index (χ1) is 12.7. The minimum absolute atomic E-state index is 0.202. The van der Waals surface area contributed by atoms with E-state index in [9.17, 15) is 4.79 Å². The number of aromatic nitrogens is 2. The molecule has 6 nitrogen and oxygen atoms in total. The summed E-state index contributed by atoms with van der Waals surface area (Å²) < 4.78 is 5.56. The highest BCUT2D eigenvalue weighted by molar-refractivity contribution is 6.30. The summed E-state index contributed by atoms with van der Waals surface area (Å²) in [6, 6.07) is 14.4. The van der Waals surface area contributed by atoms with E-state index in [0.29, 0.717) is 23.1 Å². The van der Waals surface area contributed by atoms with Gasteiger partial charge in [-0.1, -0.05) is 29.8 Å². The van der Waals surface area contributed by atoms with Crippen molar-refractivity contribution in [2.75, 3.05) is 17.2 Å². The highest BCUT2D eigenvalue weighted by Crippen LogP contribution is 2.26. The lowest BCUT2D eigenvalue weighted by atomic mass is 10.3. The SMILES string of the molecule is CCOc1ccccc1Nc1cnc(C(=O)Nc2cccc(Cl)c2)cn1. The average molecular weight is 369 g/mol. The molecule has 0 unspecified atom stereocenters. The predicted molar refractivity (Wildman–Crippen MR) is 102 cm³/mol. The Morgan fingerprint density at radius 1 is 1.12 bits per heavy atom. The van der Waals surface area contributed by atoms with Gasteiger partial charge in [0.1, 0.15) is 17.3 Å². The minimum Gasteiger partial charge on any atom is -0.492 e. The Morgan fingerprint density at radius 3 is 2.69 bits per heavy atom. The molecule has 1 amide bonds. The van der Waals surface area contributed by atoms with Gasteiger partial charge in [-0.15, -0.1) is 0 Å². The minimum atomic E-state index is -0.360. The van der Waals surface area contributed by atoms with Gasteiger partial charge in [-0.25, -0.2) is 9.97 Å². The van der Waals surface area contributed by atoms with Crippen LogP contribution in [0.15, 0.2) is 60.9 Å². The number of rotatable bonds is 6. The maximum Gasteiger partial charge on any atom is 0.275 e. The molecule has 0 fully saturated rings. The molecule has 0 saturated heterocycles. The Labute approximate surface area is 156 Å². The van der Waals surface area contributed by atoms with E-state index in [1.807, 2.05) is 31.2 Å². The Morgan fingerprint density at radius 2 is 1.96 bits per heavy atom. The fourth-order valence-electron chi connectivity index (χ4n) is 2.26. The van der Waals surface area contributed by atoms with Gasteiger partial charge in [0, 0.05) is 10.7 Å². The van der Waals surface area contributed by atoms with Crippen LogP contribution in [0.3, 0.4) is 0 Å². The lowest BCUT2D eigenvalue weighted by Crippen LogP contribution is -2.14. The normalized spacial score (nSPS) is 10.2. The molecule has 1 heterocycles. The van der Waals surface area contributed by atoms with E-state index in [4.69, 9.17) is 16.3 Å². The number of nitrogens with zero attached hydrogens (tertiary/aromatic N) is 2. The molecular weight excluding hydrogens is 352 g/mol. The quantitative estimate of drug-likeness (QED) is 0.668. The van der Waals surface area contributed by atoms with Gasteiger partial charge in [0.2, 0.25) is 0 Å². The molecular formula is C19H17ClN4O2. The number of ether oxygens (including phenoxy) is 1. The Kier molecular flexibility index (Phi) is 5.66. The summed E-state index contributed by atoms with van der Waals surface area (Å²) in [4.78, 5) is 20.6. The van der Waals surface area contributed by atoms with Crippen LogP contribution in [0, 0.1) is 0 Å². The molecule has 0 atom stereocenters. The van der Waals surface area contributed by atoms with Gasteiger partial charge in [-0.3, -0.25) is 4.79 Å². The third kappa shape index (κ3) is 4.49. The molecule has 2 aromatic carbocycles. The van der Waals surface area contributed by atoms with Crippen molar-refractivity contribution in [3.63, 3.8) is 0 Å². The summed E-state index contributed by atoms with van der Waals surface area (Å²) in [7, 11) is 0. The van der Waals surface area contributed by atoms with Gasteiger partial charge in [0.15, 0.2) is 0 Å². The monoisotopic (exact) mass is 368 g/mol. The second-order valence-electron chi connectivity index (χ2n) is 5.31. The van der Waals surface area contributed by atoms with Crippen molar-refractivity contribution in [1.82, 2.24) is 9.97 Å². The molecule has 0 aliphatic heterocycles. The summed E-state index contributed by atoms with van der Waals surface area (Å²) >= 11 is 5.91. The van der Waals surface area contributed by atoms with Gasteiger partial charge < -0.3 is 15.4 Å². The van der Waals surface area contributed by atoms with Crippen LogP contribution in [-0.2, 0) is 0 Å². The van der Waals surface area contributed by atoms with E-state index in [2.05, 4.69) is 20.6 Å². The van der Waals surface area contributed by atoms with Crippen LogP contribution in [0.2, 0.25) is 5.02 Å². The van der Waals surface area contributed by atoms with Gasteiger partial charge in [0.25, 0.3) is 5.91 Å². The fraction of sp³-hybridized carbons (Fsp3) is 0.105. The largest absolute Gasteiger partial charge is 0.492 e. The summed E-state index contributed by atoms with van der Waals surface area (Å²) in [6.07, 6.45) is 2.90. The third-order valence-corrected chi connectivity index (χ3v) is 3.65. The standard InChI is InChI=1S/C19H17ClN4O2/c1-2-26-17-9-4-3-8-15(17)24-18-12-21-16(11-22-18)19(25)23-14-7-5-6-13(20)10-14/h3-12H,2H2,1H3,(H,22,24)(H,23,25). The smallest absolute Gasteiger partial charge is 0.275 e. The van der Waals surface area contributed by atoms with Gasteiger partial charge in [-0.05, 0) is 37.3 Å². The number of halogens is 1. The number of hydrogen-bond donors (Lipinski definition) is 2. The number of nitrogens with one attached hydrogen (secondary N) is 2. The van der Waals surface area contributed by atoms with E-state index in [0.717, 1.165) is 11.4 Å². The van der Waals surface area contributed by atoms with E-state index in [-0.39, 0.29) is 11.6 Å². The molecule has 3 rings (SSSR count). The van der Waals surface area contributed by atoms with Crippen molar-refractivity contribution in [2.45, 2.75) is 6.92 Å². The number of anilines is 3. The van der Waals surface area contributed by atoms with Crippen LogP contribution < -0.4 is 15.4 Å². The molecule has 2 N–H and O–H groups in total. The highest BCUT2D eigenvalue weighted by atomic mass is 35.5. The molecule has 0 spiro atoms. The number of carbonyl (C=O) groups excluding carboxylic acids is 1. The zero-order valence-electron chi connectivity index (χ0n) is 14.1. The van der Waals surface area contributed by atoms with Crippen LogP contribution in [-0.4, -0.2) is 22.5 Å². The first-order valence-electron chi connectivity index (χ1n) is 8.03. The molecule has 7 heteroatoms. The first kappa shape index (κ1) is 17.7. The summed E-state index contributed by atoms with van der Waals surface area (Å²) in [5.74, 6) is 0.872. The summed E-state index contributed by atoms with van der Waals surface area (Å²) in [5.41, 5.74) is 1.57. The van der Waals surface area contributed by atoms with E-state index >= 15 is 0 Å². The molecule has 132 valence electrons. The maximum absolute atomic E-state index is 12.2. The maximum atomic E-state index is 12.2. The van der Waals surface area contributed by atoms with Crippen molar-refractivity contribution >= 4 is 34.7 Å². The Hall–Kier alpha value is -3.12. The Balaban J connectivity index is 1.69. The first-order valence-corrected chi connectivity index (χ1v) is 8.41. The average Bonchev–Trinajstić information content (AvgIpc) is 2.64. The van der Waals surface area contributed by atoms with E-state index < -0.39 is 0 Å². The molecule has 3 aromatic rings. The number of para-hydroxylation sites is 2. The molecule has 0 bridgehead atoms. The third-order valence-electron chi connectivity index (χ3n) is 3.42. The lowest BCUT2D eigenvalue weighted by Gasteiger charge is -2.11. The van der Waals surface area contributed by atoms with Crippen LogP contribution in [0.4, 0.5) is 17.2 Å². The zero-order valence-corrected chi connectivity index (χ0v) is 14.8. The molecule has 26 heavy (non-hydrogen) atoms. The van der Waals surface area contributed by atoms with Crippen LogP contribution in [0.1, 0.15) is 17.4 Å². The van der Waals surface area contributed by atoms with Gasteiger partial charge >= 0.3 is 0 Å². The number of amides is 1. The van der Waals surface area contributed by atoms with Gasteiger partial charge in [-0.2, -0.15) is 0 Å².